The third-order valence-corrected chi connectivity index (χ3v) is 4.62. The summed E-state index contributed by atoms with van der Waals surface area (Å²) in [5.41, 5.74) is -1.30. The summed E-state index contributed by atoms with van der Waals surface area (Å²) < 4.78 is 29.5. The largest absolute Gasteiger partial charge is 0.461 e. The minimum absolute atomic E-state index is 0.281. The fourth-order valence-corrected chi connectivity index (χ4v) is 3.35. The second kappa shape index (κ2) is 6.52. The Balaban J connectivity index is 2.01. The zero-order valence-electron chi connectivity index (χ0n) is 13.5. The first-order valence-electron chi connectivity index (χ1n) is 7.45. The lowest BCUT2D eigenvalue weighted by Gasteiger charge is -2.20. The van der Waals surface area contributed by atoms with Crippen molar-refractivity contribution < 1.29 is 27.5 Å². The van der Waals surface area contributed by atoms with E-state index in [4.69, 9.17) is 4.74 Å². The molecule has 2 fully saturated rings. The van der Waals surface area contributed by atoms with Crippen LogP contribution in [0.1, 0.15) is 19.8 Å². The van der Waals surface area contributed by atoms with Crippen LogP contribution in [0.5, 0.6) is 0 Å². The van der Waals surface area contributed by atoms with Gasteiger partial charge in [-0.1, -0.05) is 6.08 Å². The first-order valence-corrected chi connectivity index (χ1v) is 9.34. The molecule has 1 saturated carbocycles. The number of carbonyl (C=O) groups is 3. The van der Waals surface area contributed by atoms with E-state index < -0.39 is 45.5 Å². The van der Waals surface area contributed by atoms with Gasteiger partial charge in [0.25, 0.3) is 5.91 Å². The highest BCUT2D eigenvalue weighted by atomic mass is 32.2. The highest BCUT2D eigenvalue weighted by Gasteiger charge is 2.60. The van der Waals surface area contributed by atoms with Crippen molar-refractivity contribution in [1.82, 2.24) is 15.4 Å². The van der Waals surface area contributed by atoms with Crippen molar-refractivity contribution in [3.8, 4) is 0 Å². The van der Waals surface area contributed by atoms with Crippen molar-refractivity contribution in [2.45, 2.75) is 37.5 Å². The summed E-state index contributed by atoms with van der Waals surface area (Å²) in [6.07, 6.45) is 2.53. The number of esters is 1. The molecule has 0 aromatic rings. The van der Waals surface area contributed by atoms with Crippen LogP contribution in [0, 0.1) is 5.92 Å². The number of hydrogen-bond donors (Lipinski definition) is 3. The molecular weight excluding hydrogens is 338 g/mol. The molecule has 1 aliphatic heterocycles. The molecule has 9 nitrogen and oxygen atoms in total. The van der Waals surface area contributed by atoms with Crippen LogP contribution in [0.2, 0.25) is 0 Å². The number of rotatable bonds is 6. The number of ether oxygens (including phenoxy) is 1. The molecule has 24 heavy (non-hydrogen) atoms. The van der Waals surface area contributed by atoms with E-state index in [2.05, 4.69) is 17.2 Å². The predicted octanol–water partition coefficient (Wildman–Crippen LogP) is -1.58. The molecule has 0 spiro atoms. The second-order valence-electron chi connectivity index (χ2n) is 6.14. The van der Waals surface area contributed by atoms with Crippen LogP contribution in [-0.2, 0) is 29.1 Å². The van der Waals surface area contributed by atoms with Gasteiger partial charge in [0.05, 0.1) is 12.3 Å². The summed E-state index contributed by atoms with van der Waals surface area (Å²) in [6.45, 7) is 5.22. The molecule has 2 aliphatic rings. The van der Waals surface area contributed by atoms with Gasteiger partial charge < -0.3 is 15.4 Å². The Morgan fingerprint density at radius 1 is 1.38 bits per heavy atom. The Kier molecular flexibility index (Phi) is 5.00. The molecule has 0 aromatic carbocycles. The highest BCUT2D eigenvalue weighted by Crippen LogP contribution is 2.44. The van der Waals surface area contributed by atoms with E-state index in [-0.39, 0.29) is 18.8 Å². The average Bonchev–Trinajstić information content (AvgIpc) is 2.96. The molecule has 134 valence electrons. The molecule has 2 amide bonds. The summed E-state index contributed by atoms with van der Waals surface area (Å²) in [6, 6.07) is -0.622. The van der Waals surface area contributed by atoms with Crippen LogP contribution in [0.4, 0.5) is 0 Å². The summed E-state index contributed by atoms with van der Waals surface area (Å²) in [5.74, 6) is -2.00. The molecular formula is C14H21N3O6S. The minimum atomic E-state index is -3.73. The van der Waals surface area contributed by atoms with Gasteiger partial charge >= 0.3 is 5.97 Å². The highest BCUT2D eigenvalue weighted by molar-refractivity contribution is 7.89. The van der Waals surface area contributed by atoms with Crippen LogP contribution >= 0.6 is 0 Å². The standard InChI is InChI=1S/C14H21N3O6S/c1-4-9-6-14(9,13(20)17-24(3,21)22)16-12(19)11-5-10(7-15-11)23-8(2)18/h4,9-11,15H,1,5-7H2,2-3H3,(H,16,19)(H,17,20)/t9-,10-,11+,14-/m1/s1. The van der Waals surface area contributed by atoms with Crippen LogP contribution in [0.25, 0.3) is 0 Å². The SMILES string of the molecule is C=C[C@@H]1C[C@]1(NC(=O)[C@@H]1C[C@@H](OC(C)=O)CN1)C(=O)NS(C)(=O)=O. The maximum absolute atomic E-state index is 12.4. The lowest BCUT2D eigenvalue weighted by molar-refractivity contribution is -0.145. The van der Waals surface area contributed by atoms with Crippen molar-refractivity contribution >= 4 is 27.8 Å². The van der Waals surface area contributed by atoms with Crippen molar-refractivity contribution in [2.24, 2.45) is 5.92 Å². The fourth-order valence-electron chi connectivity index (χ4n) is 2.83. The topological polar surface area (TPSA) is 131 Å². The average molecular weight is 359 g/mol. The van der Waals surface area contributed by atoms with Gasteiger partial charge in [-0.15, -0.1) is 6.58 Å². The maximum atomic E-state index is 12.4. The van der Waals surface area contributed by atoms with Crippen LogP contribution < -0.4 is 15.4 Å². The third kappa shape index (κ3) is 4.12. The predicted molar refractivity (Wildman–Crippen MR) is 84.1 cm³/mol. The van der Waals surface area contributed by atoms with E-state index in [0.29, 0.717) is 6.54 Å². The van der Waals surface area contributed by atoms with Gasteiger partial charge in [-0.05, 0) is 6.42 Å². The molecule has 4 atom stereocenters. The van der Waals surface area contributed by atoms with Crippen molar-refractivity contribution in [2.75, 3.05) is 12.8 Å². The van der Waals surface area contributed by atoms with Crippen LogP contribution in [-0.4, -0.2) is 56.7 Å². The van der Waals surface area contributed by atoms with Gasteiger partial charge in [0.1, 0.15) is 11.6 Å². The number of amides is 2. The van der Waals surface area contributed by atoms with Crippen LogP contribution in [0.3, 0.4) is 0 Å². The van der Waals surface area contributed by atoms with E-state index >= 15 is 0 Å². The summed E-state index contributed by atoms with van der Waals surface area (Å²) in [7, 11) is -3.73. The Bertz CT molecular complexity index is 676. The Morgan fingerprint density at radius 3 is 2.54 bits per heavy atom. The normalized spacial score (nSPS) is 31.8. The number of sulfonamides is 1. The summed E-state index contributed by atoms with van der Waals surface area (Å²) in [5, 5.41) is 5.53. The molecule has 1 saturated heterocycles. The van der Waals surface area contributed by atoms with E-state index in [1.54, 1.807) is 0 Å². The molecule has 10 heteroatoms. The van der Waals surface area contributed by atoms with Crippen molar-refractivity contribution in [1.29, 1.82) is 0 Å². The first kappa shape index (κ1) is 18.4. The third-order valence-electron chi connectivity index (χ3n) is 4.07. The van der Waals surface area contributed by atoms with Gasteiger partial charge in [-0.25, -0.2) is 8.42 Å². The van der Waals surface area contributed by atoms with Crippen molar-refractivity contribution in [3.63, 3.8) is 0 Å². The van der Waals surface area contributed by atoms with E-state index in [0.717, 1.165) is 6.26 Å². The minimum Gasteiger partial charge on any atom is -0.461 e. The first-order chi connectivity index (χ1) is 11.1. The summed E-state index contributed by atoms with van der Waals surface area (Å²) >= 11 is 0. The van der Waals surface area contributed by atoms with E-state index in [1.807, 2.05) is 4.72 Å². The fraction of sp³-hybridized carbons (Fsp3) is 0.643. The zero-order chi connectivity index (χ0) is 18.1. The van der Waals surface area contributed by atoms with E-state index in [9.17, 15) is 22.8 Å². The quantitative estimate of drug-likeness (QED) is 0.385. The Morgan fingerprint density at radius 2 is 2.04 bits per heavy atom. The van der Waals surface area contributed by atoms with Gasteiger partial charge in [-0.3, -0.25) is 19.1 Å². The lowest BCUT2D eigenvalue weighted by Crippen LogP contribution is -2.55. The molecule has 1 aliphatic carbocycles. The molecule has 3 N–H and O–H groups in total. The Labute approximate surface area is 140 Å². The maximum Gasteiger partial charge on any atom is 0.302 e. The van der Waals surface area contributed by atoms with Gasteiger partial charge in [0.2, 0.25) is 15.9 Å². The molecule has 0 unspecified atom stereocenters. The lowest BCUT2D eigenvalue weighted by atomic mass is 10.1. The van der Waals surface area contributed by atoms with Crippen LogP contribution in [0.15, 0.2) is 12.7 Å². The van der Waals surface area contributed by atoms with Gasteiger partial charge in [-0.2, -0.15) is 0 Å². The number of carbonyl (C=O) groups excluding carboxylic acids is 3. The zero-order valence-corrected chi connectivity index (χ0v) is 14.3. The molecule has 1 heterocycles. The smallest absolute Gasteiger partial charge is 0.302 e. The molecule has 0 aromatic heterocycles. The molecule has 2 rings (SSSR count). The Hall–Kier alpha value is -1.94. The molecule has 0 radical (unpaired) electrons. The monoisotopic (exact) mass is 359 g/mol. The number of hydrogen-bond acceptors (Lipinski definition) is 7. The van der Waals surface area contributed by atoms with E-state index in [1.165, 1.54) is 13.0 Å². The number of nitrogens with one attached hydrogen (secondary N) is 3. The van der Waals surface area contributed by atoms with Gasteiger partial charge in [0, 0.05) is 25.8 Å². The molecule has 0 bridgehead atoms. The van der Waals surface area contributed by atoms with Gasteiger partial charge in [0.15, 0.2) is 0 Å². The summed E-state index contributed by atoms with van der Waals surface area (Å²) in [4.78, 5) is 35.6. The van der Waals surface area contributed by atoms with Crippen molar-refractivity contribution in [3.05, 3.63) is 12.7 Å². The second-order valence-corrected chi connectivity index (χ2v) is 7.89.